The van der Waals surface area contributed by atoms with Crippen LogP contribution in [0.5, 0.6) is 0 Å². The van der Waals surface area contributed by atoms with Crippen LogP contribution in [0.3, 0.4) is 0 Å². The summed E-state index contributed by atoms with van der Waals surface area (Å²) >= 11 is 6.10. The second kappa shape index (κ2) is 6.38. The second-order valence-corrected chi connectivity index (χ2v) is 4.86. The first kappa shape index (κ1) is 13.6. The van der Waals surface area contributed by atoms with E-state index in [9.17, 15) is 0 Å². The molecule has 3 heteroatoms. The molecule has 0 spiro atoms. The standard InChI is InChI=1S/C16H15ClN2/c1-12-8-13(9-18)6-7-14(12)10-19-11-15-4-2-3-5-16(15)17/h2-8,19H,10-11H2,1H3. The number of nitrogens with one attached hydrogen (secondary N) is 1. The molecule has 19 heavy (non-hydrogen) atoms. The lowest BCUT2D eigenvalue weighted by Crippen LogP contribution is -2.13. The summed E-state index contributed by atoms with van der Waals surface area (Å²) in [6.45, 7) is 3.52. The molecule has 0 heterocycles. The van der Waals surface area contributed by atoms with Crippen molar-refractivity contribution in [3.63, 3.8) is 0 Å². The maximum atomic E-state index is 8.83. The van der Waals surface area contributed by atoms with E-state index in [-0.39, 0.29) is 0 Å². The van der Waals surface area contributed by atoms with Crippen LogP contribution in [0, 0.1) is 18.3 Å². The van der Waals surface area contributed by atoms with Gasteiger partial charge in [0.15, 0.2) is 0 Å². The largest absolute Gasteiger partial charge is 0.309 e. The normalized spacial score (nSPS) is 10.2. The fraction of sp³-hybridized carbons (Fsp3) is 0.188. The van der Waals surface area contributed by atoms with Gasteiger partial charge in [0.1, 0.15) is 0 Å². The smallest absolute Gasteiger partial charge is 0.0991 e. The van der Waals surface area contributed by atoms with Crippen molar-refractivity contribution in [1.82, 2.24) is 5.32 Å². The van der Waals surface area contributed by atoms with Crippen molar-refractivity contribution in [3.8, 4) is 6.07 Å². The van der Waals surface area contributed by atoms with Crippen molar-refractivity contribution in [2.24, 2.45) is 0 Å². The minimum Gasteiger partial charge on any atom is -0.309 e. The first-order valence-corrected chi connectivity index (χ1v) is 6.52. The van der Waals surface area contributed by atoms with Gasteiger partial charge in [0.2, 0.25) is 0 Å². The van der Waals surface area contributed by atoms with Crippen LogP contribution in [-0.2, 0) is 13.1 Å². The van der Waals surface area contributed by atoms with E-state index in [2.05, 4.69) is 11.4 Å². The Kier molecular flexibility index (Phi) is 4.57. The van der Waals surface area contributed by atoms with Crippen molar-refractivity contribution in [3.05, 3.63) is 69.7 Å². The molecular formula is C16H15ClN2. The van der Waals surface area contributed by atoms with Gasteiger partial charge in [-0.2, -0.15) is 5.26 Å². The predicted molar refractivity (Wildman–Crippen MR) is 77.9 cm³/mol. The van der Waals surface area contributed by atoms with E-state index in [1.54, 1.807) is 0 Å². The average Bonchev–Trinajstić information content (AvgIpc) is 2.42. The summed E-state index contributed by atoms with van der Waals surface area (Å²) in [7, 11) is 0. The predicted octanol–water partition coefficient (Wildman–Crippen LogP) is 3.81. The zero-order valence-corrected chi connectivity index (χ0v) is 11.5. The van der Waals surface area contributed by atoms with Crippen molar-refractivity contribution < 1.29 is 0 Å². The molecule has 2 aromatic carbocycles. The third kappa shape index (κ3) is 3.57. The highest BCUT2D eigenvalue weighted by molar-refractivity contribution is 6.31. The summed E-state index contributed by atoms with van der Waals surface area (Å²) in [5.74, 6) is 0. The molecule has 0 unspecified atom stereocenters. The highest BCUT2D eigenvalue weighted by Crippen LogP contribution is 2.15. The van der Waals surface area contributed by atoms with Crippen LogP contribution < -0.4 is 5.32 Å². The minimum absolute atomic E-state index is 0.701. The number of rotatable bonds is 4. The van der Waals surface area contributed by atoms with E-state index in [1.807, 2.05) is 49.4 Å². The van der Waals surface area contributed by atoms with Gasteiger partial charge in [-0.3, -0.25) is 0 Å². The lowest BCUT2D eigenvalue weighted by atomic mass is 10.1. The van der Waals surface area contributed by atoms with Crippen LogP contribution in [0.1, 0.15) is 22.3 Å². The lowest BCUT2D eigenvalue weighted by molar-refractivity contribution is 0.691. The molecule has 2 aromatic rings. The molecule has 0 aromatic heterocycles. The zero-order chi connectivity index (χ0) is 13.7. The number of hydrogen-bond acceptors (Lipinski definition) is 2. The lowest BCUT2D eigenvalue weighted by Gasteiger charge is -2.09. The molecule has 0 bridgehead atoms. The number of hydrogen-bond donors (Lipinski definition) is 1. The molecule has 0 saturated heterocycles. The summed E-state index contributed by atoms with van der Waals surface area (Å²) in [6, 6.07) is 15.7. The highest BCUT2D eigenvalue weighted by Gasteiger charge is 2.01. The Hall–Kier alpha value is -1.82. The first-order chi connectivity index (χ1) is 9.20. The number of halogens is 1. The van der Waals surface area contributed by atoms with Crippen molar-refractivity contribution in [1.29, 1.82) is 5.26 Å². The third-order valence-electron chi connectivity index (χ3n) is 3.06. The van der Waals surface area contributed by atoms with Gasteiger partial charge in [-0.25, -0.2) is 0 Å². The van der Waals surface area contributed by atoms with Crippen molar-refractivity contribution in [2.75, 3.05) is 0 Å². The van der Waals surface area contributed by atoms with Crippen molar-refractivity contribution in [2.45, 2.75) is 20.0 Å². The Balaban J connectivity index is 1.97. The molecule has 0 saturated carbocycles. The van der Waals surface area contributed by atoms with Crippen LogP contribution >= 0.6 is 11.6 Å². The monoisotopic (exact) mass is 270 g/mol. The van der Waals surface area contributed by atoms with E-state index in [0.29, 0.717) is 5.56 Å². The van der Waals surface area contributed by atoms with Gasteiger partial charge in [0.05, 0.1) is 11.6 Å². The molecule has 2 rings (SSSR count). The van der Waals surface area contributed by atoms with Crippen LogP contribution in [0.25, 0.3) is 0 Å². The van der Waals surface area contributed by atoms with E-state index < -0.39 is 0 Å². The van der Waals surface area contributed by atoms with Gasteiger partial charge in [0, 0.05) is 18.1 Å². The fourth-order valence-electron chi connectivity index (χ4n) is 1.94. The number of aryl methyl sites for hydroxylation is 1. The van der Waals surface area contributed by atoms with Crippen molar-refractivity contribution >= 4 is 11.6 Å². The van der Waals surface area contributed by atoms with Crippen LogP contribution in [0.15, 0.2) is 42.5 Å². The number of benzene rings is 2. The quantitative estimate of drug-likeness (QED) is 0.917. The molecule has 1 N–H and O–H groups in total. The molecule has 0 radical (unpaired) electrons. The van der Waals surface area contributed by atoms with Gasteiger partial charge >= 0.3 is 0 Å². The molecule has 2 nitrogen and oxygen atoms in total. The number of nitrogens with zero attached hydrogens (tertiary/aromatic N) is 1. The van der Waals surface area contributed by atoms with Gasteiger partial charge in [-0.15, -0.1) is 0 Å². The second-order valence-electron chi connectivity index (χ2n) is 4.45. The summed E-state index contributed by atoms with van der Waals surface area (Å²) in [6.07, 6.45) is 0. The summed E-state index contributed by atoms with van der Waals surface area (Å²) in [5.41, 5.74) is 4.12. The first-order valence-electron chi connectivity index (χ1n) is 6.14. The molecule has 0 aliphatic carbocycles. The van der Waals surface area contributed by atoms with E-state index in [1.165, 1.54) is 5.56 Å². The summed E-state index contributed by atoms with van der Waals surface area (Å²) < 4.78 is 0. The molecule has 0 aliphatic heterocycles. The molecule has 0 amide bonds. The molecule has 96 valence electrons. The summed E-state index contributed by atoms with van der Waals surface area (Å²) in [5, 5.41) is 13.0. The van der Waals surface area contributed by atoms with Gasteiger partial charge < -0.3 is 5.32 Å². The van der Waals surface area contributed by atoms with Gasteiger partial charge in [-0.1, -0.05) is 35.9 Å². The average molecular weight is 271 g/mol. The molecule has 0 atom stereocenters. The number of nitriles is 1. The fourth-order valence-corrected chi connectivity index (χ4v) is 2.14. The summed E-state index contributed by atoms with van der Waals surface area (Å²) in [4.78, 5) is 0. The van der Waals surface area contributed by atoms with E-state index in [0.717, 1.165) is 29.2 Å². The van der Waals surface area contributed by atoms with E-state index in [4.69, 9.17) is 16.9 Å². The molecular weight excluding hydrogens is 256 g/mol. The molecule has 0 fully saturated rings. The van der Waals surface area contributed by atoms with Gasteiger partial charge in [0.25, 0.3) is 0 Å². The van der Waals surface area contributed by atoms with Crippen LogP contribution in [-0.4, -0.2) is 0 Å². The minimum atomic E-state index is 0.701. The van der Waals surface area contributed by atoms with Crippen LogP contribution in [0.2, 0.25) is 5.02 Å². The zero-order valence-electron chi connectivity index (χ0n) is 10.8. The molecule has 0 aliphatic rings. The highest BCUT2D eigenvalue weighted by atomic mass is 35.5. The Morgan fingerprint density at radius 1 is 1.11 bits per heavy atom. The van der Waals surface area contributed by atoms with Gasteiger partial charge in [-0.05, 0) is 41.8 Å². The SMILES string of the molecule is Cc1cc(C#N)ccc1CNCc1ccccc1Cl. The maximum absolute atomic E-state index is 8.83. The Morgan fingerprint density at radius 2 is 1.84 bits per heavy atom. The van der Waals surface area contributed by atoms with E-state index >= 15 is 0 Å². The van der Waals surface area contributed by atoms with Crippen LogP contribution in [0.4, 0.5) is 0 Å². The topological polar surface area (TPSA) is 35.8 Å². The Morgan fingerprint density at radius 3 is 2.53 bits per heavy atom. The third-order valence-corrected chi connectivity index (χ3v) is 3.43. The Bertz CT molecular complexity index is 614. The maximum Gasteiger partial charge on any atom is 0.0991 e. The Labute approximate surface area is 118 Å².